The van der Waals surface area contributed by atoms with E-state index >= 15 is 0 Å². The van der Waals surface area contributed by atoms with Crippen LogP contribution in [0.15, 0.2) is 59.6 Å². The highest BCUT2D eigenvalue weighted by molar-refractivity contribution is 8.13. The normalized spacial score (nSPS) is 16.0. The van der Waals surface area contributed by atoms with E-state index in [9.17, 15) is 4.79 Å². The molecule has 130 valence electrons. The van der Waals surface area contributed by atoms with Crippen LogP contribution in [-0.4, -0.2) is 34.9 Å². The predicted octanol–water partition coefficient (Wildman–Crippen LogP) is 4.24. The Balaban J connectivity index is 1.61. The molecule has 0 N–H and O–H groups in total. The zero-order valence-electron chi connectivity index (χ0n) is 13.7. The fourth-order valence-corrected chi connectivity index (χ4v) is 3.50. The van der Waals surface area contributed by atoms with E-state index in [1.54, 1.807) is 40.9 Å². The van der Waals surface area contributed by atoms with Gasteiger partial charge < -0.3 is 4.74 Å². The van der Waals surface area contributed by atoms with Gasteiger partial charge in [0, 0.05) is 17.3 Å². The van der Waals surface area contributed by atoms with Gasteiger partial charge in [-0.1, -0.05) is 53.7 Å². The molecule has 3 rings (SSSR count). The first kappa shape index (κ1) is 17.8. The Kier molecular flexibility index (Phi) is 6.36. The van der Waals surface area contributed by atoms with Gasteiger partial charge in [0.05, 0.1) is 6.54 Å². The molecule has 1 aliphatic rings. The minimum Gasteiger partial charge on any atom is -0.484 e. The molecule has 0 bridgehead atoms. The summed E-state index contributed by atoms with van der Waals surface area (Å²) in [7, 11) is 0. The fourth-order valence-electron chi connectivity index (χ4n) is 2.42. The van der Waals surface area contributed by atoms with Crippen molar-refractivity contribution in [1.82, 2.24) is 4.90 Å². The summed E-state index contributed by atoms with van der Waals surface area (Å²) in [5.41, 5.74) is 1.13. The van der Waals surface area contributed by atoms with Crippen LogP contribution >= 0.6 is 23.4 Å². The van der Waals surface area contributed by atoms with Gasteiger partial charge in [-0.3, -0.25) is 14.7 Å². The van der Waals surface area contributed by atoms with E-state index in [0.717, 1.165) is 22.9 Å². The molecule has 0 aromatic heterocycles. The van der Waals surface area contributed by atoms with Crippen molar-refractivity contribution in [3.63, 3.8) is 0 Å². The van der Waals surface area contributed by atoms with Crippen LogP contribution in [0, 0.1) is 0 Å². The van der Waals surface area contributed by atoms with Gasteiger partial charge >= 0.3 is 0 Å². The van der Waals surface area contributed by atoms with Crippen LogP contribution in [-0.2, 0) is 11.3 Å². The SMILES string of the molecule is O=C(COc1ccc(Cl)cc1)N1CCCSC1=NCc1ccccc1. The third kappa shape index (κ3) is 5.25. The number of nitrogens with zero attached hydrogens (tertiary/aromatic N) is 2. The summed E-state index contributed by atoms with van der Waals surface area (Å²) < 4.78 is 5.57. The molecule has 25 heavy (non-hydrogen) atoms. The molecule has 0 radical (unpaired) electrons. The van der Waals surface area contributed by atoms with Gasteiger partial charge in [-0.05, 0) is 36.2 Å². The zero-order chi connectivity index (χ0) is 17.5. The molecule has 0 unspecified atom stereocenters. The Morgan fingerprint density at radius 2 is 1.92 bits per heavy atom. The first-order valence-electron chi connectivity index (χ1n) is 8.12. The Labute approximate surface area is 156 Å². The number of halogens is 1. The number of aliphatic imine (C=N–C) groups is 1. The smallest absolute Gasteiger partial charge is 0.266 e. The molecule has 1 aliphatic heterocycles. The van der Waals surface area contributed by atoms with Crippen LogP contribution in [0.4, 0.5) is 0 Å². The lowest BCUT2D eigenvalue weighted by atomic mass is 10.2. The van der Waals surface area contributed by atoms with Crippen molar-refractivity contribution in [2.24, 2.45) is 4.99 Å². The molecular weight excluding hydrogens is 356 g/mol. The minimum absolute atomic E-state index is 0.00739. The third-order valence-electron chi connectivity index (χ3n) is 3.70. The van der Waals surface area contributed by atoms with Crippen molar-refractivity contribution in [2.45, 2.75) is 13.0 Å². The van der Waals surface area contributed by atoms with E-state index < -0.39 is 0 Å². The summed E-state index contributed by atoms with van der Waals surface area (Å²) in [5, 5.41) is 1.42. The van der Waals surface area contributed by atoms with Gasteiger partial charge in [-0.15, -0.1) is 0 Å². The number of thioether (sulfide) groups is 1. The Morgan fingerprint density at radius 3 is 2.68 bits per heavy atom. The number of rotatable bonds is 5. The Bertz CT molecular complexity index is 735. The van der Waals surface area contributed by atoms with Crippen molar-refractivity contribution < 1.29 is 9.53 Å². The van der Waals surface area contributed by atoms with Gasteiger partial charge in [0.15, 0.2) is 11.8 Å². The van der Waals surface area contributed by atoms with E-state index in [0.29, 0.717) is 23.9 Å². The summed E-state index contributed by atoms with van der Waals surface area (Å²) in [6, 6.07) is 17.0. The molecular formula is C19H19ClN2O2S. The van der Waals surface area contributed by atoms with Crippen molar-refractivity contribution >= 4 is 34.4 Å². The lowest BCUT2D eigenvalue weighted by Crippen LogP contribution is -2.42. The van der Waals surface area contributed by atoms with Crippen LogP contribution in [0.3, 0.4) is 0 Å². The molecule has 1 saturated heterocycles. The standard InChI is InChI=1S/C19H19ClN2O2S/c20-16-7-9-17(10-8-16)24-14-18(23)22-11-4-12-25-19(22)21-13-15-5-2-1-3-6-15/h1-3,5-10H,4,11-14H2. The van der Waals surface area contributed by atoms with Crippen LogP contribution in [0.5, 0.6) is 5.75 Å². The van der Waals surface area contributed by atoms with E-state index in [-0.39, 0.29) is 12.5 Å². The summed E-state index contributed by atoms with van der Waals surface area (Å²) in [4.78, 5) is 18.9. The highest BCUT2D eigenvalue weighted by atomic mass is 35.5. The van der Waals surface area contributed by atoms with Crippen molar-refractivity contribution in [2.75, 3.05) is 18.9 Å². The van der Waals surface area contributed by atoms with E-state index in [1.807, 2.05) is 30.3 Å². The van der Waals surface area contributed by atoms with Crippen LogP contribution in [0.25, 0.3) is 0 Å². The highest BCUT2D eigenvalue weighted by Gasteiger charge is 2.23. The Morgan fingerprint density at radius 1 is 1.16 bits per heavy atom. The van der Waals surface area contributed by atoms with Gasteiger partial charge in [0.1, 0.15) is 5.75 Å². The van der Waals surface area contributed by atoms with Gasteiger partial charge in [0.25, 0.3) is 5.91 Å². The highest BCUT2D eigenvalue weighted by Crippen LogP contribution is 2.20. The van der Waals surface area contributed by atoms with E-state index in [2.05, 4.69) is 4.99 Å². The second-order valence-corrected chi connectivity index (χ2v) is 7.07. The van der Waals surface area contributed by atoms with Crippen LogP contribution in [0.2, 0.25) is 5.02 Å². The number of hydrogen-bond donors (Lipinski definition) is 0. The average Bonchev–Trinajstić information content (AvgIpc) is 2.67. The van der Waals surface area contributed by atoms with Crippen molar-refractivity contribution in [3.05, 3.63) is 65.2 Å². The monoisotopic (exact) mass is 374 g/mol. The fraction of sp³-hybridized carbons (Fsp3) is 0.263. The van der Waals surface area contributed by atoms with Crippen molar-refractivity contribution in [3.8, 4) is 5.75 Å². The second-order valence-electron chi connectivity index (χ2n) is 5.57. The van der Waals surface area contributed by atoms with Gasteiger partial charge in [-0.2, -0.15) is 0 Å². The molecule has 1 heterocycles. The number of hydrogen-bond acceptors (Lipinski definition) is 4. The molecule has 2 aromatic rings. The van der Waals surface area contributed by atoms with Crippen LogP contribution < -0.4 is 4.74 Å². The molecule has 2 aromatic carbocycles. The number of amidine groups is 1. The lowest BCUT2D eigenvalue weighted by Gasteiger charge is -2.27. The topological polar surface area (TPSA) is 41.9 Å². The summed E-state index contributed by atoms with van der Waals surface area (Å²) >= 11 is 7.48. The molecule has 0 saturated carbocycles. The number of ether oxygens (including phenoxy) is 1. The average molecular weight is 375 g/mol. The maximum Gasteiger partial charge on any atom is 0.266 e. The van der Waals surface area contributed by atoms with Gasteiger partial charge in [-0.25, -0.2) is 0 Å². The summed E-state index contributed by atoms with van der Waals surface area (Å²) in [5.74, 6) is 1.54. The Hall–Kier alpha value is -1.98. The molecule has 0 aliphatic carbocycles. The molecule has 1 amide bonds. The third-order valence-corrected chi connectivity index (χ3v) is 5.06. The van der Waals surface area contributed by atoms with Gasteiger partial charge in [0.2, 0.25) is 0 Å². The largest absolute Gasteiger partial charge is 0.484 e. The maximum atomic E-state index is 12.5. The van der Waals surface area contributed by atoms with Crippen molar-refractivity contribution in [1.29, 1.82) is 0 Å². The lowest BCUT2D eigenvalue weighted by molar-refractivity contribution is -0.129. The first-order chi connectivity index (χ1) is 12.2. The summed E-state index contributed by atoms with van der Waals surface area (Å²) in [6.45, 7) is 1.25. The van der Waals surface area contributed by atoms with Crippen LogP contribution in [0.1, 0.15) is 12.0 Å². The number of amides is 1. The minimum atomic E-state index is -0.0750. The quantitative estimate of drug-likeness (QED) is 0.786. The summed E-state index contributed by atoms with van der Waals surface area (Å²) in [6.07, 6.45) is 0.960. The van der Waals surface area contributed by atoms with E-state index in [1.165, 1.54) is 0 Å². The molecule has 4 nitrogen and oxygen atoms in total. The molecule has 6 heteroatoms. The molecule has 0 atom stereocenters. The number of carbonyl (C=O) groups is 1. The number of benzene rings is 2. The maximum absolute atomic E-state index is 12.5. The second kappa shape index (κ2) is 8.92. The molecule has 0 spiro atoms. The predicted molar refractivity (Wildman–Crippen MR) is 103 cm³/mol. The molecule has 1 fully saturated rings. The number of carbonyl (C=O) groups excluding carboxylic acids is 1. The zero-order valence-corrected chi connectivity index (χ0v) is 15.3. The first-order valence-corrected chi connectivity index (χ1v) is 9.48. The van der Waals surface area contributed by atoms with E-state index in [4.69, 9.17) is 16.3 Å².